The molecule has 1 saturated heterocycles. The summed E-state index contributed by atoms with van der Waals surface area (Å²) in [7, 11) is -3.68. The highest BCUT2D eigenvalue weighted by molar-refractivity contribution is 7.89. The van der Waals surface area contributed by atoms with Gasteiger partial charge in [0.25, 0.3) is 0 Å². The minimum Gasteiger partial charge on any atom is -0.354 e. The molecule has 0 aliphatic carbocycles. The van der Waals surface area contributed by atoms with E-state index in [1.165, 1.54) is 4.31 Å². The quantitative estimate of drug-likeness (QED) is 0.817. The Balaban J connectivity index is 1.67. The van der Waals surface area contributed by atoms with Crippen LogP contribution < -0.4 is 5.32 Å². The highest BCUT2D eigenvalue weighted by Gasteiger charge is 2.39. The fraction of sp³-hybridized carbons (Fsp3) is 0.444. The van der Waals surface area contributed by atoms with Crippen LogP contribution in [0.3, 0.4) is 0 Å². The van der Waals surface area contributed by atoms with Gasteiger partial charge in [0, 0.05) is 24.9 Å². The molecule has 1 fully saturated rings. The molecule has 0 radical (unpaired) electrons. The molecule has 1 atom stereocenters. The molecular formula is C18H23N3O3S2. The fourth-order valence-corrected chi connectivity index (χ4v) is 5.75. The number of aryl methyl sites for hydroxylation is 2. The monoisotopic (exact) mass is 393 g/mol. The van der Waals surface area contributed by atoms with Gasteiger partial charge in [-0.3, -0.25) is 4.79 Å². The second-order valence-electron chi connectivity index (χ2n) is 6.44. The standard InChI is InChI=1S/C18H23N3O3S2/c1-13-6-3-4-8-17(13)26(23,24)21-11-5-7-16(21)18(22)19-10-9-15-12-25-14(2)20-15/h3-4,6,8,12,16H,5,7,9-11H2,1-2H3,(H,19,22)/t16-/m1/s1. The van der Waals surface area contributed by atoms with E-state index in [1.807, 2.05) is 18.4 Å². The van der Waals surface area contributed by atoms with Crippen molar-refractivity contribution in [2.45, 2.75) is 44.0 Å². The summed E-state index contributed by atoms with van der Waals surface area (Å²) in [6.45, 7) is 4.55. The Hall–Kier alpha value is -1.77. The van der Waals surface area contributed by atoms with Gasteiger partial charge in [0.2, 0.25) is 15.9 Å². The molecule has 1 amide bonds. The van der Waals surface area contributed by atoms with Crippen molar-refractivity contribution in [1.82, 2.24) is 14.6 Å². The molecule has 1 aliphatic heterocycles. The Labute approximate surface area is 158 Å². The van der Waals surface area contributed by atoms with Crippen LogP contribution in [0.1, 0.15) is 29.1 Å². The number of rotatable bonds is 6. The predicted octanol–water partition coefficient (Wildman–Crippen LogP) is 2.27. The van der Waals surface area contributed by atoms with Gasteiger partial charge in [0.05, 0.1) is 15.6 Å². The summed E-state index contributed by atoms with van der Waals surface area (Å²) in [5.74, 6) is -0.230. The summed E-state index contributed by atoms with van der Waals surface area (Å²) < 4.78 is 27.4. The van der Waals surface area contributed by atoms with E-state index in [0.29, 0.717) is 37.9 Å². The van der Waals surface area contributed by atoms with Crippen LogP contribution in [0.2, 0.25) is 0 Å². The van der Waals surface area contributed by atoms with Crippen molar-refractivity contribution >= 4 is 27.3 Å². The molecule has 1 aromatic carbocycles. The third-order valence-corrected chi connectivity index (χ3v) is 7.42. The highest BCUT2D eigenvalue weighted by atomic mass is 32.2. The van der Waals surface area contributed by atoms with Crippen LogP contribution >= 0.6 is 11.3 Å². The number of hydrogen-bond donors (Lipinski definition) is 1. The van der Waals surface area contributed by atoms with Gasteiger partial charge in [0.1, 0.15) is 6.04 Å². The first-order valence-corrected chi connectivity index (χ1v) is 11.0. The van der Waals surface area contributed by atoms with E-state index >= 15 is 0 Å². The number of hydrogen-bond acceptors (Lipinski definition) is 5. The summed E-state index contributed by atoms with van der Waals surface area (Å²) in [6, 6.07) is 6.25. The van der Waals surface area contributed by atoms with Crippen molar-refractivity contribution in [3.05, 3.63) is 45.9 Å². The Morgan fingerprint density at radius 1 is 1.35 bits per heavy atom. The molecule has 0 unspecified atom stereocenters. The van der Waals surface area contributed by atoms with Crippen LogP contribution in [-0.2, 0) is 21.2 Å². The normalized spacial score (nSPS) is 18.2. The molecule has 0 spiro atoms. The summed E-state index contributed by atoms with van der Waals surface area (Å²) in [6.07, 6.45) is 1.88. The molecule has 2 aromatic rings. The van der Waals surface area contributed by atoms with Crippen molar-refractivity contribution in [1.29, 1.82) is 0 Å². The number of aromatic nitrogens is 1. The lowest BCUT2D eigenvalue weighted by atomic mass is 10.2. The highest BCUT2D eigenvalue weighted by Crippen LogP contribution is 2.27. The van der Waals surface area contributed by atoms with Gasteiger partial charge in [-0.05, 0) is 38.3 Å². The lowest BCUT2D eigenvalue weighted by Gasteiger charge is -2.24. The first-order chi connectivity index (χ1) is 12.4. The molecule has 8 heteroatoms. The lowest BCUT2D eigenvalue weighted by molar-refractivity contribution is -0.124. The molecule has 0 bridgehead atoms. The van der Waals surface area contributed by atoms with Crippen LogP contribution in [-0.4, -0.2) is 42.7 Å². The SMILES string of the molecule is Cc1nc(CCNC(=O)[C@H]2CCCN2S(=O)(=O)c2ccccc2C)cs1. The van der Waals surface area contributed by atoms with Gasteiger partial charge in [-0.15, -0.1) is 11.3 Å². The van der Waals surface area contributed by atoms with Crippen LogP contribution in [0.25, 0.3) is 0 Å². The zero-order valence-corrected chi connectivity index (χ0v) is 16.6. The number of nitrogens with zero attached hydrogens (tertiary/aromatic N) is 2. The van der Waals surface area contributed by atoms with Gasteiger partial charge in [-0.1, -0.05) is 18.2 Å². The molecule has 2 heterocycles. The summed E-state index contributed by atoms with van der Waals surface area (Å²) in [5.41, 5.74) is 1.64. The van der Waals surface area contributed by atoms with Crippen molar-refractivity contribution in [2.75, 3.05) is 13.1 Å². The Morgan fingerprint density at radius 2 is 2.12 bits per heavy atom. The smallest absolute Gasteiger partial charge is 0.244 e. The largest absolute Gasteiger partial charge is 0.354 e. The number of benzene rings is 1. The summed E-state index contributed by atoms with van der Waals surface area (Å²) in [4.78, 5) is 17.2. The lowest BCUT2D eigenvalue weighted by Crippen LogP contribution is -2.46. The second kappa shape index (κ2) is 7.85. The first kappa shape index (κ1) is 19.0. The van der Waals surface area contributed by atoms with Gasteiger partial charge < -0.3 is 5.32 Å². The number of carbonyl (C=O) groups excluding carboxylic acids is 1. The Kier molecular flexibility index (Phi) is 5.74. The molecule has 0 saturated carbocycles. The van der Waals surface area contributed by atoms with Gasteiger partial charge >= 0.3 is 0 Å². The maximum atomic E-state index is 13.0. The average Bonchev–Trinajstić information content (AvgIpc) is 3.24. The summed E-state index contributed by atoms with van der Waals surface area (Å²) >= 11 is 1.58. The topological polar surface area (TPSA) is 79.4 Å². The van der Waals surface area contributed by atoms with E-state index in [4.69, 9.17) is 0 Å². The van der Waals surface area contributed by atoms with Crippen molar-refractivity contribution < 1.29 is 13.2 Å². The van der Waals surface area contributed by atoms with Gasteiger partial charge in [0.15, 0.2) is 0 Å². The van der Waals surface area contributed by atoms with E-state index in [9.17, 15) is 13.2 Å². The third kappa shape index (κ3) is 3.97. The summed E-state index contributed by atoms with van der Waals surface area (Å²) in [5, 5.41) is 5.85. The Bertz CT molecular complexity index is 893. The number of nitrogens with one attached hydrogen (secondary N) is 1. The molecule has 6 nitrogen and oxygen atoms in total. The van der Waals surface area contributed by atoms with E-state index in [0.717, 1.165) is 10.7 Å². The molecule has 3 rings (SSSR count). The molecule has 26 heavy (non-hydrogen) atoms. The maximum absolute atomic E-state index is 13.0. The minimum absolute atomic E-state index is 0.230. The van der Waals surface area contributed by atoms with Crippen LogP contribution in [0.5, 0.6) is 0 Å². The molecular weight excluding hydrogens is 370 g/mol. The zero-order chi connectivity index (χ0) is 18.7. The van der Waals surface area contributed by atoms with Crippen molar-refractivity contribution in [3.63, 3.8) is 0 Å². The van der Waals surface area contributed by atoms with E-state index in [-0.39, 0.29) is 10.8 Å². The van der Waals surface area contributed by atoms with Crippen LogP contribution in [0.15, 0.2) is 34.5 Å². The van der Waals surface area contributed by atoms with Crippen molar-refractivity contribution in [3.8, 4) is 0 Å². The second-order valence-corrected chi connectivity index (χ2v) is 9.36. The fourth-order valence-electron chi connectivity index (χ4n) is 3.22. The number of amides is 1. The van der Waals surface area contributed by atoms with E-state index in [1.54, 1.807) is 36.5 Å². The predicted molar refractivity (Wildman–Crippen MR) is 102 cm³/mol. The van der Waals surface area contributed by atoms with Gasteiger partial charge in [-0.2, -0.15) is 4.31 Å². The molecule has 140 valence electrons. The van der Waals surface area contributed by atoms with Gasteiger partial charge in [-0.25, -0.2) is 13.4 Å². The molecule has 1 aromatic heterocycles. The van der Waals surface area contributed by atoms with Crippen LogP contribution in [0.4, 0.5) is 0 Å². The third-order valence-electron chi connectivity index (χ3n) is 4.53. The Morgan fingerprint density at radius 3 is 2.81 bits per heavy atom. The van der Waals surface area contributed by atoms with E-state index in [2.05, 4.69) is 10.3 Å². The van der Waals surface area contributed by atoms with E-state index < -0.39 is 16.1 Å². The maximum Gasteiger partial charge on any atom is 0.244 e. The minimum atomic E-state index is -3.68. The van der Waals surface area contributed by atoms with Crippen molar-refractivity contribution in [2.24, 2.45) is 0 Å². The molecule has 1 aliphatic rings. The molecule has 1 N–H and O–H groups in total. The van der Waals surface area contributed by atoms with Crippen LogP contribution in [0, 0.1) is 13.8 Å². The average molecular weight is 394 g/mol. The number of sulfonamides is 1. The first-order valence-electron chi connectivity index (χ1n) is 8.66. The number of thiazole rings is 1. The zero-order valence-electron chi connectivity index (χ0n) is 14.9. The number of carbonyl (C=O) groups is 1.